The van der Waals surface area contributed by atoms with Crippen LogP contribution in [0.5, 0.6) is 0 Å². The normalized spacial score (nSPS) is 19.3. The second-order valence-corrected chi connectivity index (χ2v) is 7.17. The van der Waals surface area contributed by atoms with Crippen LogP contribution < -0.4 is 5.56 Å². The molecule has 0 radical (unpaired) electrons. The number of aryl methyl sites for hydroxylation is 2. The quantitative estimate of drug-likeness (QED) is 0.859. The molecule has 1 amide bonds. The van der Waals surface area contributed by atoms with Gasteiger partial charge in [-0.2, -0.15) is 4.98 Å². The monoisotopic (exact) mass is 372 g/mol. The highest BCUT2D eigenvalue weighted by Gasteiger charge is 2.35. The summed E-state index contributed by atoms with van der Waals surface area (Å²) in [4.78, 5) is 34.6. The van der Waals surface area contributed by atoms with Crippen LogP contribution in [0.4, 0.5) is 0 Å². The van der Waals surface area contributed by atoms with E-state index in [1.807, 2.05) is 0 Å². The maximum atomic E-state index is 13.1. The van der Waals surface area contributed by atoms with Gasteiger partial charge in [0.05, 0.1) is 6.61 Å². The van der Waals surface area contributed by atoms with Crippen molar-refractivity contribution in [2.24, 2.45) is 0 Å². The van der Waals surface area contributed by atoms with Gasteiger partial charge in [-0.1, -0.05) is 5.16 Å². The van der Waals surface area contributed by atoms with E-state index in [1.54, 1.807) is 18.1 Å². The van der Waals surface area contributed by atoms with Gasteiger partial charge in [0, 0.05) is 25.8 Å². The summed E-state index contributed by atoms with van der Waals surface area (Å²) in [6.07, 6.45) is 6.10. The number of aromatic nitrogens is 3. The largest absolute Gasteiger partial charge is 0.384 e. The van der Waals surface area contributed by atoms with Crippen LogP contribution in [-0.2, 0) is 24.0 Å². The second kappa shape index (κ2) is 7.64. The van der Waals surface area contributed by atoms with E-state index >= 15 is 0 Å². The van der Waals surface area contributed by atoms with Gasteiger partial charge in [-0.05, 0) is 50.2 Å². The van der Waals surface area contributed by atoms with E-state index in [0.29, 0.717) is 31.3 Å². The summed E-state index contributed by atoms with van der Waals surface area (Å²) < 4.78 is 10.4. The third kappa shape index (κ3) is 3.53. The number of hydrogen-bond donors (Lipinski definition) is 1. The number of ether oxygens (including phenoxy) is 1. The Bertz CT molecular complexity index is 888. The first-order chi connectivity index (χ1) is 13.2. The molecule has 2 aromatic rings. The molecular weight excluding hydrogens is 348 g/mol. The summed E-state index contributed by atoms with van der Waals surface area (Å²) in [5, 5.41) is 3.97. The van der Waals surface area contributed by atoms with Gasteiger partial charge in [0.25, 0.3) is 11.5 Å². The molecule has 0 spiro atoms. The fourth-order valence-corrected chi connectivity index (χ4v) is 3.95. The third-order valence-electron chi connectivity index (χ3n) is 5.38. The number of carbonyl (C=O) groups excluding carboxylic acids is 1. The van der Waals surface area contributed by atoms with Crippen LogP contribution in [0.2, 0.25) is 0 Å². The Balaban J connectivity index is 1.58. The molecule has 0 unspecified atom stereocenters. The molecule has 2 aliphatic rings. The first-order valence-electron chi connectivity index (χ1n) is 9.55. The van der Waals surface area contributed by atoms with Crippen LogP contribution >= 0.6 is 0 Å². The number of rotatable bonds is 5. The second-order valence-electron chi connectivity index (χ2n) is 7.17. The number of likely N-dealkylation sites (tertiary alicyclic amines) is 1. The zero-order valence-electron chi connectivity index (χ0n) is 15.5. The molecule has 144 valence electrons. The van der Waals surface area contributed by atoms with Gasteiger partial charge in [0.1, 0.15) is 11.6 Å². The Labute approximate surface area is 156 Å². The Kier molecular flexibility index (Phi) is 5.07. The molecule has 27 heavy (non-hydrogen) atoms. The van der Waals surface area contributed by atoms with Crippen LogP contribution in [0.3, 0.4) is 0 Å². The summed E-state index contributed by atoms with van der Waals surface area (Å²) in [6.45, 7) is 1.09. The number of fused-ring (bicyclic) bond motifs is 1. The van der Waals surface area contributed by atoms with Crippen molar-refractivity contribution in [1.29, 1.82) is 0 Å². The van der Waals surface area contributed by atoms with Crippen molar-refractivity contribution in [1.82, 2.24) is 20.0 Å². The maximum Gasteiger partial charge on any atom is 0.261 e. The van der Waals surface area contributed by atoms with E-state index in [9.17, 15) is 9.59 Å². The van der Waals surface area contributed by atoms with Gasteiger partial charge in [0.2, 0.25) is 5.89 Å². The molecule has 4 rings (SSSR count). The number of H-pyrrole nitrogens is 1. The summed E-state index contributed by atoms with van der Waals surface area (Å²) in [7, 11) is 1.62. The molecule has 1 saturated heterocycles. The minimum Gasteiger partial charge on any atom is -0.384 e. The van der Waals surface area contributed by atoms with Gasteiger partial charge in [-0.3, -0.25) is 9.59 Å². The molecule has 1 fully saturated rings. The average molecular weight is 372 g/mol. The molecule has 2 aromatic heterocycles. The zero-order valence-corrected chi connectivity index (χ0v) is 15.5. The lowest BCUT2D eigenvalue weighted by atomic mass is 9.95. The number of nitrogens with zero attached hydrogens (tertiary/aromatic N) is 3. The fraction of sp³-hybridized carbons (Fsp3) is 0.579. The molecule has 1 aliphatic carbocycles. The molecule has 0 bridgehead atoms. The predicted octanol–water partition coefficient (Wildman–Crippen LogP) is 1.80. The van der Waals surface area contributed by atoms with Crippen LogP contribution in [0.15, 0.2) is 15.4 Å². The number of carbonyl (C=O) groups is 1. The van der Waals surface area contributed by atoms with E-state index in [0.717, 1.165) is 49.8 Å². The lowest BCUT2D eigenvalue weighted by molar-refractivity contribution is 0.0708. The van der Waals surface area contributed by atoms with E-state index in [1.165, 1.54) is 0 Å². The molecule has 0 aromatic carbocycles. The summed E-state index contributed by atoms with van der Waals surface area (Å²) in [5.74, 6) is 0.739. The molecular formula is C19H24N4O4. The van der Waals surface area contributed by atoms with Crippen molar-refractivity contribution in [3.63, 3.8) is 0 Å². The Hall–Kier alpha value is -2.48. The van der Waals surface area contributed by atoms with E-state index in [4.69, 9.17) is 9.26 Å². The van der Waals surface area contributed by atoms with Gasteiger partial charge in [0.15, 0.2) is 5.82 Å². The number of hydrogen-bond acceptors (Lipinski definition) is 6. The fourth-order valence-electron chi connectivity index (χ4n) is 3.95. The first kappa shape index (κ1) is 17.9. The number of methoxy groups -OCH3 is 1. The molecule has 8 nitrogen and oxygen atoms in total. The zero-order chi connectivity index (χ0) is 18.8. The number of amides is 1. The molecule has 3 heterocycles. The minimum absolute atomic E-state index is 0.210. The Morgan fingerprint density at radius 1 is 1.37 bits per heavy atom. The number of pyridine rings is 1. The van der Waals surface area contributed by atoms with E-state index in [2.05, 4.69) is 15.1 Å². The van der Waals surface area contributed by atoms with Crippen LogP contribution in [0.1, 0.15) is 65.1 Å². The number of nitrogens with one attached hydrogen (secondary N) is 1. The van der Waals surface area contributed by atoms with Crippen LogP contribution in [-0.4, -0.2) is 46.2 Å². The Morgan fingerprint density at radius 2 is 2.22 bits per heavy atom. The van der Waals surface area contributed by atoms with Crippen molar-refractivity contribution in [3.05, 3.63) is 45.0 Å². The minimum atomic E-state index is -0.308. The molecule has 1 N–H and O–H groups in total. The molecule has 0 saturated carbocycles. The smallest absolute Gasteiger partial charge is 0.261 e. The van der Waals surface area contributed by atoms with Gasteiger partial charge in [-0.15, -0.1) is 0 Å². The lowest BCUT2D eigenvalue weighted by Crippen LogP contribution is -2.35. The van der Waals surface area contributed by atoms with Crippen LogP contribution in [0.25, 0.3) is 0 Å². The third-order valence-corrected chi connectivity index (χ3v) is 5.38. The van der Waals surface area contributed by atoms with Gasteiger partial charge >= 0.3 is 0 Å². The summed E-state index contributed by atoms with van der Waals surface area (Å²) in [5.41, 5.74) is 1.96. The average Bonchev–Trinajstić information content (AvgIpc) is 3.34. The van der Waals surface area contributed by atoms with Crippen molar-refractivity contribution in [2.45, 2.75) is 51.0 Å². The maximum absolute atomic E-state index is 13.1. The van der Waals surface area contributed by atoms with Gasteiger partial charge in [-0.25, -0.2) is 0 Å². The summed E-state index contributed by atoms with van der Waals surface area (Å²) in [6, 6.07) is 1.50. The van der Waals surface area contributed by atoms with Crippen molar-refractivity contribution < 1.29 is 14.1 Å². The standard InChI is InChI=1S/C19H24N4O4/c1-26-10-8-16-21-18(27-22-16)15-7-4-9-23(15)19(25)13-11-12-5-2-3-6-14(12)20-17(13)24/h11,15H,2-10H2,1H3,(H,20,24)/t15-/m0/s1. The van der Waals surface area contributed by atoms with E-state index in [-0.39, 0.29) is 23.1 Å². The van der Waals surface area contributed by atoms with Crippen LogP contribution in [0, 0.1) is 0 Å². The topological polar surface area (TPSA) is 101 Å². The van der Waals surface area contributed by atoms with Crippen molar-refractivity contribution in [3.8, 4) is 0 Å². The highest BCUT2D eigenvalue weighted by molar-refractivity contribution is 5.94. The highest BCUT2D eigenvalue weighted by Crippen LogP contribution is 2.32. The SMILES string of the molecule is COCCc1noc([C@@H]2CCCN2C(=O)c2cc3c([nH]c2=O)CCCC3)n1. The number of aromatic amines is 1. The highest BCUT2D eigenvalue weighted by atomic mass is 16.5. The van der Waals surface area contributed by atoms with Crippen molar-refractivity contribution in [2.75, 3.05) is 20.3 Å². The van der Waals surface area contributed by atoms with Crippen molar-refractivity contribution >= 4 is 5.91 Å². The first-order valence-corrected chi connectivity index (χ1v) is 9.55. The van der Waals surface area contributed by atoms with Gasteiger partial charge < -0.3 is 19.1 Å². The van der Waals surface area contributed by atoms with E-state index < -0.39 is 0 Å². The molecule has 8 heteroatoms. The molecule has 1 aliphatic heterocycles. The lowest BCUT2D eigenvalue weighted by Gasteiger charge is -2.23. The molecule has 1 atom stereocenters. The Morgan fingerprint density at radius 3 is 3.07 bits per heavy atom. The summed E-state index contributed by atoms with van der Waals surface area (Å²) >= 11 is 0. The predicted molar refractivity (Wildman–Crippen MR) is 96.6 cm³/mol.